The Morgan fingerprint density at radius 1 is 1.33 bits per heavy atom. The lowest BCUT2D eigenvalue weighted by atomic mass is 10.3. The number of nitrogens with two attached hydrogens (primary N) is 1. The fraction of sp³-hybridized carbons (Fsp3) is 0.143. The molecule has 1 rings (SSSR count). The Hall–Kier alpha value is -1.03. The number of benzene rings is 1. The van der Waals surface area contributed by atoms with E-state index in [0.717, 1.165) is 6.07 Å². The van der Waals surface area contributed by atoms with E-state index in [0.29, 0.717) is 6.07 Å². The number of ether oxygens (including phenoxy) is 1. The van der Waals surface area contributed by atoms with Crippen LogP contribution < -0.4 is 10.5 Å². The summed E-state index contributed by atoms with van der Waals surface area (Å²) < 4.78 is 29.6. The van der Waals surface area contributed by atoms with Crippen LogP contribution in [-0.4, -0.2) is 7.11 Å². The first-order chi connectivity index (χ1) is 5.15. The lowest BCUT2D eigenvalue weighted by Crippen LogP contribution is -1.96. The highest BCUT2D eigenvalue weighted by atomic mass is 35.5. The van der Waals surface area contributed by atoms with Crippen molar-refractivity contribution in [3.05, 3.63) is 23.8 Å². The third kappa shape index (κ3) is 1.98. The molecule has 12 heavy (non-hydrogen) atoms. The molecule has 1 aromatic carbocycles. The maximum Gasteiger partial charge on any atom is 0.152 e. The van der Waals surface area contributed by atoms with Gasteiger partial charge in [-0.2, -0.15) is 0 Å². The van der Waals surface area contributed by atoms with Crippen molar-refractivity contribution >= 4 is 18.1 Å². The molecule has 0 heterocycles. The van der Waals surface area contributed by atoms with E-state index in [1.54, 1.807) is 0 Å². The van der Waals surface area contributed by atoms with Crippen LogP contribution in [-0.2, 0) is 0 Å². The summed E-state index contributed by atoms with van der Waals surface area (Å²) in [5, 5.41) is 0. The fourth-order valence-corrected chi connectivity index (χ4v) is 0.730. The first-order valence-electron chi connectivity index (χ1n) is 2.93. The van der Waals surface area contributed by atoms with Gasteiger partial charge in [-0.3, -0.25) is 0 Å². The molecule has 0 radical (unpaired) electrons. The van der Waals surface area contributed by atoms with Crippen molar-refractivity contribution in [1.29, 1.82) is 0 Å². The summed E-state index contributed by atoms with van der Waals surface area (Å²) in [6.45, 7) is 0. The van der Waals surface area contributed by atoms with Crippen molar-refractivity contribution in [2.24, 2.45) is 0 Å². The molecule has 1 aromatic rings. The highest BCUT2D eigenvalue weighted by Crippen LogP contribution is 2.24. The molecule has 0 saturated heterocycles. The monoisotopic (exact) mass is 195 g/mol. The van der Waals surface area contributed by atoms with Gasteiger partial charge in [0.25, 0.3) is 0 Å². The summed E-state index contributed by atoms with van der Waals surface area (Å²) in [5.41, 5.74) is 5.02. The normalized spacial score (nSPS) is 8.92. The molecule has 0 aliphatic rings. The van der Waals surface area contributed by atoms with E-state index < -0.39 is 11.6 Å². The first kappa shape index (κ1) is 11.0. The third-order valence-corrected chi connectivity index (χ3v) is 1.28. The van der Waals surface area contributed by atoms with Crippen LogP contribution in [0.15, 0.2) is 12.1 Å². The number of nitrogen functional groups attached to an aromatic ring is 1. The molecule has 0 atom stereocenters. The number of anilines is 1. The Kier molecular flexibility index (Phi) is 3.76. The smallest absolute Gasteiger partial charge is 0.152 e. The number of methoxy groups -OCH3 is 1. The largest absolute Gasteiger partial charge is 0.494 e. The maximum absolute atomic E-state index is 12.6. The second-order valence-electron chi connectivity index (χ2n) is 2.00. The molecule has 0 amide bonds. The lowest BCUT2D eigenvalue weighted by Gasteiger charge is -2.03. The zero-order valence-electron chi connectivity index (χ0n) is 6.30. The van der Waals surface area contributed by atoms with Crippen molar-refractivity contribution in [2.75, 3.05) is 12.8 Å². The molecule has 68 valence electrons. The second kappa shape index (κ2) is 4.11. The summed E-state index contributed by atoms with van der Waals surface area (Å²) in [6, 6.07) is 1.73. The van der Waals surface area contributed by atoms with Crippen molar-refractivity contribution in [2.45, 2.75) is 0 Å². The van der Waals surface area contributed by atoms with Gasteiger partial charge < -0.3 is 10.5 Å². The van der Waals surface area contributed by atoms with Gasteiger partial charge in [0.15, 0.2) is 5.82 Å². The number of rotatable bonds is 1. The third-order valence-electron chi connectivity index (χ3n) is 1.28. The van der Waals surface area contributed by atoms with Crippen molar-refractivity contribution in [3.63, 3.8) is 0 Å². The number of hydrogen-bond donors (Lipinski definition) is 1. The van der Waals surface area contributed by atoms with Gasteiger partial charge in [0, 0.05) is 12.1 Å². The number of halogens is 3. The highest BCUT2D eigenvalue weighted by Gasteiger charge is 2.07. The molecule has 0 aromatic heterocycles. The van der Waals surface area contributed by atoms with E-state index in [9.17, 15) is 8.78 Å². The van der Waals surface area contributed by atoms with Gasteiger partial charge in [-0.05, 0) is 0 Å². The van der Waals surface area contributed by atoms with Crippen LogP contribution >= 0.6 is 12.4 Å². The van der Waals surface area contributed by atoms with Crippen molar-refractivity contribution in [1.82, 2.24) is 0 Å². The Morgan fingerprint density at radius 3 is 2.42 bits per heavy atom. The SMILES string of the molecule is COc1cc(F)cc(F)c1N.Cl. The molecule has 2 N–H and O–H groups in total. The van der Waals surface area contributed by atoms with Gasteiger partial charge in [0.1, 0.15) is 17.3 Å². The Morgan fingerprint density at radius 2 is 1.92 bits per heavy atom. The van der Waals surface area contributed by atoms with Crippen LogP contribution in [0.3, 0.4) is 0 Å². The predicted octanol–water partition coefficient (Wildman–Crippen LogP) is 1.98. The minimum atomic E-state index is -0.804. The minimum Gasteiger partial charge on any atom is -0.494 e. The molecule has 2 nitrogen and oxygen atoms in total. The topological polar surface area (TPSA) is 35.2 Å². The second-order valence-corrected chi connectivity index (χ2v) is 2.00. The van der Waals surface area contributed by atoms with Crippen LogP contribution in [0, 0.1) is 11.6 Å². The first-order valence-corrected chi connectivity index (χ1v) is 2.93. The van der Waals surface area contributed by atoms with E-state index in [1.165, 1.54) is 7.11 Å². The van der Waals surface area contributed by atoms with Gasteiger partial charge in [0.2, 0.25) is 0 Å². The molecule has 0 unspecified atom stereocenters. The molecule has 0 aliphatic carbocycles. The summed E-state index contributed by atoms with van der Waals surface area (Å²) in [6.07, 6.45) is 0. The maximum atomic E-state index is 12.6. The van der Waals surface area contributed by atoms with Crippen LogP contribution in [0.5, 0.6) is 5.75 Å². The molecular formula is C7H8ClF2NO. The van der Waals surface area contributed by atoms with Crippen LogP contribution in [0.4, 0.5) is 14.5 Å². The fourth-order valence-electron chi connectivity index (χ4n) is 0.730. The molecule has 5 heteroatoms. The molecule has 0 spiro atoms. The highest BCUT2D eigenvalue weighted by molar-refractivity contribution is 5.85. The standard InChI is InChI=1S/C7H7F2NO.ClH/c1-11-6-3-4(8)2-5(9)7(6)10;/h2-3H,10H2,1H3;1H. The van der Waals surface area contributed by atoms with E-state index in [4.69, 9.17) is 5.73 Å². The van der Waals surface area contributed by atoms with Gasteiger partial charge in [-0.1, -0.05) is 0 Å². The quantitative estimate of drug-likeness (QED) is 0.696. The van der Waals surface area contributed by atoms with Gasteiger partial charge in [-0.25, -0.2) is 8.78 Å². The molecule has 0 bridgehead atoms. The van der Waals surface area contributed by atoms with Gasteiger partial charge >= 0.3 is 0 Å². The summed E-state index contributed by atoms with van der Waals surface area (Å²) >= 11 is 0. The van der Waals surface area contributed by atoms with Gasteiger partial charge in [-0.15, -0.1) is 12.4 Å². The molecule has 0 aliphatic heterocycles. The van der Waals surface area contributed by atoms with E-state index in [-0.39, 0.29) is 23.8 Å². The lowest BCUT2D eigenvalue weighted by molar-refractivity contribution is 0.410. The zero-order chi connectivity index (χ0) is 8.43. The molecule has 0 fully saturated rings. The average Bonchev–Trinajstić information content (AvgIpc) is 1.96. The Labute approximate surface area is 74.7 Å². The van der Waals surface area contributed by atoms with Gasteiger partial charge in [0.05, 0.1) is 7.11 Å². The summed E-state index contributed by atoms with van der Waals surface area (Å²) in [7, 11) is 1.30. The Bertz CT molecular complexity index is 280. The van der Waals surface area contributed by atoms with E-state index in [1.807, 2.05) is 0 Å². The Balaban J connectivity index is 0.00000121. The summed E-state index contributed by atoms with van der Waals surface area (Å²) in [5.74, 6) is -1.49. The van der Waals surface area contributed by atoms with Crippen LogP contribution in [0.25, 0.3) is 0 Å². The van der Waals surface area contributed by atoms with Crippen molar-refractivity contribution in [3.8, 4) is 5.75 Å². The average molecular weight is 196 g/mol. The van der Waals surface area contributed by atoms with Crippen molar-refractivity contribution < 1.29 is 13.5 Å². The van der Waals surface area contributed by atoms with E-state index in [2.05, 4.69) is 4.74 Å². The predicted molar refractivity (Wildman–Crippen MR) is 44.6 cm³/mol. The van der Waals surface area contributed by atoms with Crippen LogP contribution in [0.2, 0.25) is 0 Å². The minimum absolute atomic E-state index is 0. The summed E-state index contributed by atoms with van der Waals surface area (Å²) in [4.78, 5) is 0. The molecule has 0 saturated carbocycles. The van der Waals surface area contributed by atoms with Crippen LogP contribution in [0.1, 0.15) is 0 Å². The number of hydrogen-bond acceptors (Lipinski definition) is 2. The zero-order valence-corrected chi connectivity index (χ0v) is 7.12. The van der Waals surface area contributed by atoms with E-state index >= 15 is 0 Å². The molecular weight excluding hydrogens is 188 g/mol.